The lowest BCUT2D eigenvalue weighted by atomic mass is 9.78. The fraction of sp³-hybridized carbons (Fsp3) is 0.375. The highest BCUT2D eigenvalue weighted by molar-refractivity contribution is 6.34. The molecule has 1 aromatic heterocycles. The van der Waals surface area contributed by atoms with Crippen LogP contribution in [-0.4, -0.2) is 20.8 Å². The van der Waals surface area contributed by atoms with Crippen LogP contribution in [0.3, 0.4) is 0 Å². The molecular formula is C24H25BFNO2. The second kappa shape index (κ2) is 8.44. The van der Waals surface area contributed by atoms with Crippen molar-refractivity contribution in [3.05, 3.63) is 53.3 Å². The van der Waals surface area contributed by atoms with E-state index in [0.717, 1.165) is 23.8 Å². The van der Waals surface area contributed by atoms with Crippen molar-refractivity contribution in [3.8, 4) is 11.3 Å². The average molecular weight is 389 g/mol. The van der Waals surface area contributed by atoms with E-state index >= 15 is 0 Å². The Morgan fingerprint density at radius 2 is 1.72 bits per heavy atom. The molecule has 4 rings (SSSR count). The molecule has 1 aliphatic carbocycles. The van der Waals surface area contributed by atoms with Crippen LogP contribution >= 0.6 is 0 Å². The van der Waals surface area contributed by atoms with E-state index in [1.54, 1.807) is 19.2 Å². The molecule has 1 aliphatic rings. The SMILES string of the molecule is [B]c1cc2oc(-c3ccc(F)cc3)c(C(=O)NC)c2cc1C1CCCCCCC1. The first kappa shape index (κ1) is 19.7. The molecule has 0 aliphatic heterocycles. The number of amides is 1. The molecule has 2 aromatic carbocycles. The first-order valence-corrected chi connectivity index (χ1v) is 10.4. The normalized spacial score (nSPS) is 15.8. The van der Waals surface area contributed by atoms with Gasteiger partial charge in [0, 0.05) is 18.0 Å². The molecule has 0 atom stereocenters. The lowest BCUT2D eigenvalue weighted by Gasteiger charge is -2.22. The minimum absolute atomic E-state index is 0.225. The largest absolute Gasteiger partial charge is 0.455 e. The Bertz CT molecular complexity index is 1020. The third-order valence-corrected chi connectivity index (χ3v) is 6.00. The van der Waals surface area contributed by atoms with Crippen LogP contribution in [0.4, 0.5) is 4.39 Å². The minimum atomic E-state index is -0.331. The van der Waals surface area contributed by atoms with Gasteiger partial charge in [-0.15, -0.1) is 0 Å². The van der Waals surface area contributed by atoms with Gasteiger partial charge in [0.1, 0.15) is 25.0 Å². The second-order valence-electron chi connectivity index (χ2n) is 7.91. The van der Waals surface area contributed by atoms with Gasteiger partial charge in [-0.25, -0.2) is 4.39 Å². The molecule has 1 fully saturated rings. The van der Waals surface area contributed by atoms with Gasteiger partial charge >= 0.3 is 0 Å². The van der Waals surface area contributed by atoms with Crippen LogP contribution in [0.2, 0.25) is 0 Å². The van der Waals surface area contributed by atoms with Crippen molar-refractivity contribution >= 4 is 30.2 Å². The molecule has 148 valence electrons. The van der Waals surface area contributed by atoms with E-state index < -0.39 is 0 Å². The van der Waals surface area contributed by atoms with Gasteiger partial charge in [-0.3, -0.25) is 4.79 Å². The van der Waals surface area contributed by atoms with E-state index in [-0.39, 0.29) is 11.7 Å². The maximum absolute atomic E-state index is 13.4. The van der Waals surface area contributed by atoms with Gasteiger partial charge in [0.25, 0.3) is 5.91 Å². The van der Waals surface area contributed by atoms with Crippen LogP contribution in [0, 0.1) is 5.82 Å². The summed E-state index contributed by atoms with van der Waals surface area (Å²) >= 11 is 0. The summed E-state index contributed by atoms with van der Waals surface area (Å²) in [4.78, 5) is 12.7. The quantitative estimate of drug-likeness (QED) is 0.624. The fourth-order valence-electron chi connectivity index (χ4n) is 4.45. The Morgan fingerprint density at radius 3 is 2.38 bits per heavy atom. The summed E-state index contributed by atoms with van der Waals surface area (Å²) in [5.41, 5.74) is 3.53. The number of fused-ring (bicyclic) bond motifs is 1. The summed E-state index contributed by atoms with van der Waals surface area (Å²) in [6.45, 7) is 0. The fourth-order valence-corrected chi connectivity index (χ4v) is 4.45. The Labute approximate surface area is 172 Å². The number of carbonyl (C=O) groups is 1. The third-order valence-electron chi connectivity index (χ3n) is 6.00. The van der Waals surface area contributed by atoms with E-state index in [1.807, 2.05) is 12.1 Å². The van der Waals surface area contributed by atoms with Crippen molar-refractivity contribution in [2.75, 3.05) is 7.05 Å². The van der Waals surface area contributed by atoms with E-state index in [0.29, 0.717) is 33.9 Å². The third kappa shape index (κ3) is 3.96. The number of furan rings is 1. The lowest BCUT2D eigenvalue weighted by molar-refractivity contribution is 0.0964. The van der Waals surface area contributed by atoms with Gasteiger partial charge in [-0.1, -0.05) is 43.1 Å². The van der Waals surface area contributed by atoms with Crippen LogP contribution in [0.1, 0.15) is 66.8 Å². The molecule has 1 amide bonds. The Kier molecular flexibility index (Phi) is 5.75. The molecular weight excluding hydrogens is 364 g/mol. The molecule has 5 heteroatoms. The maximum Gasteiger partial charge on any atom is 0.255 e. The van der Waals surface area contributed by atoms with Gasteiger partial charge in [-0.2, -0.15) is 0 Å². The van der Waals surface area contributed by atoms with E-state index in [1.165, 1.54) is 44.2 Å². The smallest absolute Gasteiger partial charge is 0.255 e. The van der Waals surface area contributed by atoms with Crippen molar-refractivity contribution in [2.24, 2.45) is 0 Å². The highest BCUT2D eigenvalue weighted by Gasteiger charge is 2.24. The van der Waals surface area contributed by atoms with Crippen LogP contribution in [0.5, 0.6) is 0 Å². The zero-order valence-corrected chi connectivity index (χ0v) is 16.8. The predicted molar refractivity (Wildman–Crippen MR) is 115 cm³/mol. The maximum atomic E-state index is 13.4. The summed E-state index contributed by atoms with van der Waals surface area (Å²) < 4.78 is 19.4. The minimum Gasteiger partial charge on any atom is -0.455 e. The van der Waals surface area contributed by atoms with Crippen molar-refractivity contribution in [3.63, 3.8) is 0 Å². The van der Waals surface area contributed by atoms with E-state index in [2.05, 4.69) is 5.32 Å². The Hall–Kier alpha value is -2.56. The van der Waals surface area contributed by atoms with Gasteiger partial charge in [0.15, 0.2) is 0 Å². The predicted octanol–water partition coefficient (Wildman–Crippen LogP) is 5.22. The zero-order valence-electron chi connectivity index (χ0n) is 16.8. The lowest BCUT2D eigenvalue weighted by Crippen LogP contribution is -2.19. The van der Waals surface area contributed by atoms with Crippen molar-refractivity contribution in [1.29, 1.82) is 0 Å². The number of rotatable bonds is 3. The molecule has 0 bridgehead atoms. The standard InChI is InChI=1S/C24H25BFNO2/c1-27-24(28)22-19-13-18(15-7-5-3-2-4-6-8-15)20(25)14-21(19)29-23(22)16-9-11-17(26)12-10-16/h9-15H,2-8H2,1H3,(H,27,28). The molecule has 3 nitrogen and oxygen atoms in total. The molecule has 3 aromatic rings. The number of nitrogens with one attached hydrogen (secondary N) is 1. The highest BCUT2D eigenvalue weighted by atomic mass is 19.1. The van der Waals surface area contributed by atoms with E-state index in [4.69, 9.17) is 12.3 Å². The Morgan fingerprint density at radius 1 is 1.07 bits per heavy atom. The first-order valence-electron chi connectivity index (χ1n) is 10.4. The average Bonchev–Trinajstić information content (AvgIpc) is 3.05. The van der Waals surface area contributed by atoms with Gasteiger partial charge < -0.3 is 9.73 Å². The highest BCUT2D eigenvalue weighted by Crippen LogP contribution is 2.37. The van der Waals surface area contributed by atoms with Crippen LogP contribution < -0.4 is 10.8 Å². The van der Waals surface area contributed by atoms with Gasteiger partial charge in [-0.05, 0) is 55.2 Å². The molecule has 0 saturated heterocycles. The summed E-state index contributed by atoms with van der Waals surface area (Å²) in [5, 5.41) is 3.47. The number of carbonyl (C=O) groups excluding carboxylic acids is 1. The topological polar surface area (TPSA) is 42.2 Å². The summed E-state index contributed by atoms with van der Waals surface area (Å²) in [5.74, 6) is 0.286. The van der Waals surface area contributed by atoms with E-state index in [9.17, 15) is 9.18 Å². The monoisotopic (exact) mass is 389 g/mol. The summed E-state index contributed by atoms with van der Waals surface area (Å²) in [6.07, 6.45) is 8.49. The van der Waals surface area contributed by atoms with Crippen LogP contribution in [-0.2, 0) is 0 Å². The van der Waals surface area contributed by atoms with Crippen molar-refractivity contribution in [1.82, 2.24) is 5.32 Å². The van der Waals surface area contributed by atoms with Crippen LogP contribution in [0.25, 0.3) is 22.3 Å². The second-order valence-corrected chi connectivity index (χ2v) is 7.91. The zero-order chi connectivity index (χ0) is 20.4. The van der Waals surface area contributed by atoms with Crippen molar-refractivity contribution < 1.29 is 13.6 Å². The first-order chi connectivity index (χ1) is 14.1. The molecule has 1 saturated carbocycles. The molecule has 2 radical (unpaired) electrons. The summed E-state index contributed by atoms with van der Waals surface area (Å²) in [7, 11) is 8.02. The molecule has 1 N–H and O–H groups in total. The summed E-state index contributed by atoms with van der Waals surface area (Å²) in [6, 6.07) is 9.85. The van der Waals surface area contributed by atoms with Crippen molar-refractivity contribution in [2.45, 2.75) is 50.9 Å². The number of benzene rings is 2. The number of halogens is 1. The molecule has 1 heterocycles. The molecule has 0 unspecified atom stereocenters. The molecule has 0 spiro atoms. The number of hydrogen-bond acceptors (Lipinski definition) is 2. The number of hydrogen-bond donors (Lipinski definition) is 1. The Balaban J connectivity index is 1.86. The van der Waals surface area contributed by atoms with Gasteiger partial charge in [0.05, 0.1) is 5.56 Å². The van der Waals surface area contributed by atoms with Crippen LogP contribution in [0.15, 0.2) is 40.8 Å². The molecule has 29 heavy (non-hydrogen) atoms. The van der Waals surface area contributed by atoms with Gasteiger partial charge in [0.2, 0.25) is 0 Å².